The first-order valence-corrected chi connectivity index (χ1v) is 6.49. The van der Waals surface area contributed by atoms with E-state index in [4.69, 9.17) is 16.3 Å². The van der Waals surface area contributed by atoms with Crippen LogP contribution in [0.4, 0.5) is 4.39 Å². The van der Waals surface area contributed by atoms with Crippen LogP contribution in [-0.2, 0) is 0 Å². The van der Waals surface area contributed by atoms with Crippen molar-refractivity contribution in [3.05, 3.63) is 65.1 Å². The van der Waals surface area contributed by atoms with Gasteiger partial charge < -0.3 is 4.74 Å². The van der Waals surface area contributed by atoms with Crippen LogP contribution in [0.3, 0.4) is 0 Å². The molecule has 1 heterocycles. The van der Waals surface area contributed by atoms with Gasteiger partial charge in [-0.3, -0.25) is 4.98 Å². The molecule has 0 saturated carbocycles. The van der Waals surface area contributed by atoms with Crippen LogP contribution in [-0.4, -0.2) is 4.98 Å². The van der Waals surface area contributed by atoms with Crippen molar-refractivity contribution in [3.63, 3.8) is 0 Å². The predicted octanol–water partition coefficient (Wildman–Crippen LogP) is 5.13. The fourth-order valence-electron chi connectivity index (χ4n) is 2.03. The number of aromatic nitrogens is 1. The third kappa shape index (κ3) is 2.45. The lowest BCUT2D eigenvalue weighted by Crippen LogP contribution is -1.90. The lowest BCUT2D eigenvalue weighted by atomic mass is 10.2. The van der Waals surface area contributed by atoms with Crippen LogP contribution in [0.15, 0.2) is 48.7 Å². The topological polar surface area (TPSA) is 22.1 Å². The second kappa shape index (κ2) is 5.10. The molecule has 0 fully saturated rings. The molecule has 1 aromatic heterocycles. The summed E-state index contributed by atoms with van der Waals surface area (Å²) in [6.07, 6.45) is 1.66. The molecule has 0 aliphatic carbocycles. The third-order valence-corrected chi connectivity index (χ3v) is 3.26. The molecule has 4 heteroatoms. The minimum absolute atomic E-state index is 0.277. The van der Waals surface area contributed by atoms with Gasteiger partial charge in [0, 0.05) is 16.6 Å². The number of pyridine rings is 1. The molecule has 0 saturated heterocycles. The fraction of sp³-hybridized carbons (Fsp3) is 0.0625. The van der Waals surface area contributed by atoms with E-state index in [2.05, 4.69) is 4.98 Å². The van der Waals surface area contributed by atoms with Gasteiger partial charge in [0.1, 0.15) is 17.3 Å². The monoisotopic (exact) mass is 287 g/mol. The molecule has 2 aromatic carbocycles. The van der Waals surface area contributed by atoms with Crippen LogP contribution >= 0.6 is 11.6 Å². The minimum Gasteiger partial charge on any atom is -0.456 e. The molecule has 0 aliphatic heterocycles. The molecule has 2 nitrogen and oxygen atoms in total. The maximum Gasteiger partial charge on any atom is 0.138 e. The number of aryl methyl sites for hydroxylation is 1. The molecule has 0 unspecified atom stereocenters. The number of halogens is 2. The Morgan fingerprint density at radius 2 is 1.90 bits per heavy atom. The zero-order valence-corrected chi connectivity index (χ0v) is 11.5. The minimum atomic E-state index is -0.277. The summed E-state index contributed by atoms with van der Waals surface area (Å²) in [6, 6.07) is 11.6. The summed E-state index contributed by atoms with van der Waals surface area (Å²) in [7, 11) is 0. The number of nitrogens with zero attached hydrogens (tertiary/aromatic N) is 1. The molecular weight excluding hydrogens is 277 g/mol. The summed E-state index contributed by atoms with van der Waals surface area (Å²) in [5.41, 5.74) is 1.50. The highest BCUT2D eigenvalue weighted by atomic mass is 35.5. The summed E-state index contributed by atoms with van der Waals surface area (Å²) in [6.45, 7) is 1.80. The Hall–Kier alpha value is -2.13. The van der Waals surface area contributed by atoms with E-state index in [-0.39, 0.29) is 5.82 Å². The van der Waals surface area contributed by atoms with Gasteiger partial charge in [-0.05, 0) is 55.0 Å². The Morgan fingerprint density at radius 3 is 2.70 bits per heavy atom. The molecule has 100 valence electrons. The number of fused-ring (bicyclic) bond motifs is 1. The highest BCUT2D eigenvalue weighted by molar-refractivity contribution is 6.31. The smallest absolute Gasteiger partial charge is 0.138 e. The zero-order chi connectivity index (χ0) is 14.1. The van der Waals surface area contributed by atoms with Gasteiger partial charge in [0.05, 0.1) is 5.52 Å². The summed E-state index contributed by atoms with van der Waals surface area (Å²) in [5.74, 6) is 1.01. The normalized spacial score (nSPS) is 10.8. The molecular formula is C16H11ClFNO. The van der Waals surface area contributed by atoms with Crippen molar-refractivity contribution in [1.29, 1.82) is 0 Å². The largest absolute Gasteiger partial charge is 0.456 e. The molecule has 0 amide bonds. The summed E-state index contributed by atoms with van der Waals surface area (Å²) >= 11 is 5.95. The van der Waals surface area contributed by atoms with Crippen LogP contribution in [0, 0.1) is 12.7 Å². The average molecular weight is 288 g/mol. The lowest BCUT2D eigenvalue weighted by molar-refractivity contribution is 0.481. The Kier molecular flexibility index (Phi) is 3.28. The number of ether oxygens (including phenoxy) is 1. The summed E-state index contributed by atoms with van der Waals surface area (Å²) in [5, 5.41) is 1.49. The lowest BCUT2D eigenvalue weighted by Gasteiger charge is -2.11. The van der Waals surface area contributed by atoms with E-state index in [1.807, 2.05) is 6.07 Å². The van der Waals surface area contributed by atoms with Crippen LogP contribution < -0.4 is 4.74 Å². The first-order valence-electron chi connectivity index (χ1n) is 6.12. The second-order valence-corrected chi connectivity index (χ2v) is 4.92. The first kappa shape index (κ1) is 12.9. The Morgan fingerprint density at radius 1 is 1.05 bits per heavy atom. The Labute approximate surface area is 120 Å². The molecule has 20 heavy (non-hydrogen) atoms. The van der Waals surface area contributed by atoms with Crippen molar-refractivity contribution in [2.75, 3.05) is 0 Å². The second-order valence-electron chi connectivity index (χ2n) is 4.48. The molecule has 0 atom stereocenters. The van der Waals surface area contributed by atoms with E-state index in [1.165, 1.54) is 12.1 Å². The van der Waals surface area contributed by atoms with E-state index < -0.39 is 0 Å². The molecule has 0 bridgehead atoms. The van der Waals surface area contributed by atoms with Crippen LogP contribution in [0.1, 0.15) is 5.56 Å². The van der Waals surface area contributed by atoms with Gasteiger partial charge in [0.15, 0.2) is 0 Å². The van der Waals surface area contributed by atoms with Gasteiger partial charge in [-0.15, -0.1) is 0 Å². The van der Waals surface area contributed by atoms with E-state index in [0.29, 0.717) is 16.5 Å². The van der Waals surface area contributed by atoms with Gasteiger partial charge in [-0.25, -0.2) is 4.39 Å². The van der Waals surface area contributed by atoms with Crippen LogP contribution in [0.25, 0.3) is 10.9 Å². The maximum atomic E-state index is 13.1. The van der Waals surface area contributed by atoms with Crippen molar-refractivity contribution in [1.82, 2.24) is 4.98 Å². The van der Waals surface area contributed by atoms with Gasteiger partial charge in [0.25, 0.3) is 0 Å². The number of rotatable bonds is 2. The molecule has 3 aromatic rings. The van der Waals surface area contributed by atoms with E-state index >= 15 is 0 Å². The molecule has 0 spiro atoms. The highest BCUT2D eigenvalue weighted by Crippen LogP contribution is 2.31. The van der Waals surface area contributed by atoms with Crippen LogP contribution in [0.2, 0.25) is 5.02 Å². The SMILES string of the molecule is Cc1cc(F)ccc1Oc1ccnc2cc(Cl)ccc12. The Bertz CT molecular complexity index is 789. The van der Waals surface area contributed by atoms with Gasteiger partial charge in [-0.1, -0.05) is 11.6 Å². The fourth-order valence-corrected chi connectivity index (χ4v) is 2.20. The van der Waals surface area contributed by atoms with E-state index in [0.717, 1.165) is 16.5 Å². The average Bonchev–Trinajstić information content (AvgIpc) is 2.41. The Balaban J connectivity index is 2.06. The molecule has 0 aliphatic rings. The van der Waals surface area contributed by atoms with Crippen molar-refractivity contribution in [2.45, 2.75) is 6.92 Å². The highest BCUT2D eigenvalue weighted by Gasteiger charge is 2.07. The number of benzene rings is 2. The third-order valence-electron chi connectivity index (χ3n) is 3.02. The molecule has 0 N–H and O–H groups in total. The van der Waals surface area contributed by atoms with Crippen molar-refractivity contribution >= 4 is 22.5 Å². The van der Waals surface area contributed by atoms with E-state index in [9.17, 15) is 4.39 Å². The number of hydrogen-bond acceptors (Lipinski definition) is 2. The van der Waals surface area contributed by atoms with Crippen LogP contribution in [0.5, 0.6) is 11.5 Å². The predicted molar refractivity (Wildman–Crippen MR) is 78.0 cm³/mol. The summed E-state index contributed by atoms with van der Waals surface area (Å²) in [4.78, 5) is 4.26. The number of hydrogen-bond donors (Lipinski definition) is 0. The van der Waals surface area contributed by atoms with Gasteiger partial charge in [0.2, 0.25) is 0 Å². The first-order chi connectivity index (χ1) is 9.63. The van der Waals surface area contributed by atoms with Crippen molar-refractivity contribution in [3.8, 4) is 11.5 Å². The summed E-state index contributed by atoms with van der Waals surface area (Å²) < 4.78 is 19.0. The standard InChI is InChI=1S/C16H11ClFNO/c1-10-8-12(18)3-5-15(10)20-16-6-7-19-14-9-11(17)2-4-13(14)16/h2-9H,1H3. The van der Waals surface area contributed by atoms with E-state index in [1.54, 1.807) is 37.4 Å². The maximum absolute atomic E-state index is 13.1. The van der Waals surface area contributed by atoms with Gasteiger partial charge in [-0.2, -0.15) is 0 Å². The zero-order valence-electron chi connectivity index (χ0n) is 10.7. The van der Waals surface area contributed by atoms with Crippen molar-refractivity contribution < 1.29 is 9.13 Å². The van der Waals surface area contributed by atoms with Crippen molar-refractivity contribution in [2.24, 2.45) is 0 Å². The quantitative estimate of drug-likeness (QED) is 0.652. The molecule has 0 radical (unpaired) electrons. The van der Waals surface area contributed by atoms with Gasteiger partial charge >= 0.3 is 0 Å². The molecule has 3 rings (SSSR count).